The Morgan fingerprint density at radius 2 is 2.04 bits per heavy atom. The summed E-state index contributed by atoms with van der Waals surface area (Å²) in [5.41, 5.74) is 1.28. The van der Waals surface area contributed by atoms with Gasteiger partial charge in [-0.05, 0) is 24.3 Å². The second kappa shape index (κ2) is 6.79. The molecule has 7 nitrogen and oxygen atoms in total. The molecule has 8 heteroatoms. The van der Waals surface area contributed by atoms with Gasteiger partial charge in [-0.2, -0.15) is 0 Å². The highest BCUT2D eigenvalue weighted by molar-refractivity contribution is 9.10. The highest BCUT2D eigenvalue weighted by Crippen LogP contribution is 2.28. The number of aromatic nitrogens is 2. The third-order valence-corrected chi connectivity index (χ3v) is 3.89. The molecule has 0 saturated heterocycles. The number of fused-ring (bicyclic) bond motifs is 1. The Hall–Kier alpha value is -2.74. The lowest BCUT2D eigenvalue weighted by Gasteiger charge is -2.11. The number of rotatable bonds is 5. The standard InChI is InChI=1S/C16H12BrN3O4/c1-23-15-5-3-12(20(21)22)6-10(15)8-24-16-13-7-11(17)2-4-14(13)18-9-19-16/h2-7,9H,8H2,1H3. The van der Waals surface area contributed by atoms with Crippen LogP contribution in [0.15, 0.2) is 47.2 Å². The van der Waals surface area contributed by atoms with Crippen LogP contribution in [0.5, 0.6) is 11.6 Å². The molecule has 0 amide bonds. The predicted molar refractivity (Wildman–Crippen MR) is 91.2 cm³/mol. The predicted octanol–water partition coefficient (Wildman–Crippen LogP) is 3.89. The van der Waals surface area contributed by atoms with Crippen LogP contribution in [0.25, 0.3) is 10.9 Å². The van der Waals surface area contributed by atoms with E-state index in [1.165, 1.54) is 25.6 Å². The lowest BCUT2D eigenvalue weighted by atomic mass is 10.2. The van der Waals surface area contributed by atoms with Crippen molar-refractivity contribution in [2.24, 2.45) is 0 Å². The summed E-state index contributed by atoms with van der Waals surface area (Å²) in [6.07, 6.45) is 1.41. The van der Waals surface area contributed by atoms with Gasteiger partial charge in [0.15, 0.2) is 0 Å². The van der Waals surface area contributed by atoms with Gasteiger partial charge in [-0.1, -0.05) is 15.9 Å². The summed E-state index contributed by atoms with van der Waals surface area (Å²) in [7, 11) is 1.50. The van der Waals surface area contributed by atoms with Gasteiger partial charge in [0.1, 0.15) is 18.7 Å². The van der Waals surface area contributed by atoms with Crippen LogP contribution in [0.1, 0.15) is 5.56 Å². The van der Waals surface area contributed by atoms with E-state index in [0.717, 1.165) is 15.4 Å². The highest BCUT2D eigenvalue weighted by Gasteiger charge is 2.13. The Bertz CT molecular complexity index is 917. The molecule has 0 aliphatic heterocycles. The van der Waals surface area contributed by atoms with E-state index in [4.69, 9.17) is 9.47 Å². The number of hydrogen-bond acceptors (Lipinski definition) is 6. The van der Waals surface area contributed by atoms with Crippen molar-refractivity contribution < 1.29 is 14.4 Å². The molecule has 0 aliphatic carbocycles. The Labute approximate surface area is 145 Å². The van der Waals surface area contributed by atoms with Crippen LogP contribution in [-0.4, -0.2) is 22.0 Å². The van der Waals surface area contributed by atoms with Crippen LogP contribution < -0.4 is 9.47 Å². The van der Waals surface area contributed by atoms with Crippen LogP contribution in [0.4, 0.5) is 5.69 Å². The molecule has 0 N–H and O–H groups in total. The minimum absolute atomic E-state index is 0.0234. The van der Waals surface area contributed by atoms with Crippen molar-refractivity contribution in [1.29, 1.82) is 0 Å². The largest absolute Gasteiger partial charge is 0.496 e. The molecule has 3 rings (SSSR count). The van der Waals surface area contributed by atoms with Crippen molar-refractivity contribution >= 4 is 32.5 Å². The number of non-ortho nitro benzene ring substituents is 1. The number of ether oxygens (including phenoxy) is 2. The topological polar surface area (TPSA) is 87.4 Å². The van der Waals surface area contributed by atoms with Crippen LogP contribution in [0.3, 0.4) is 0 Å². The molecule has 24 heavy (non-hydrogen) atoms. The third kappa shape index (κ3) is 3.28. The SMILES string of the molecule is COc1ccc([N+](=O)[O-])cc1COc1ncnc2ccc(Br)cc12. The first-order valence-corrected chi connectivity index (χ1v) is 7.72. The van der Waals surface area contributed by atoms with Gasteiger partial charge in [0.25, 0.3) is 5.69 Å². The first-order valence-electron chi connectivity index (χ1n) is 6.93. The number of nitro benzene ring substituents is 1. The molecule has 0 unspecified atom stereocenters. The van der Waals surface area contributed by atoms with Crippen LogP contribution >= 0.6 is 15.9 Å². The fourth-order valence-corrected chi connectivity index (χ4v) is 2.62. The molecular formula is C16H12BrN3O4. The summed E-state index contributed by atoms with van der Waals surface area (Å²) >= 11 is 3.40. The molecule has 0 radical (unpaired) electrons. The van der Waals surface area contributed by atoms with E-state index in [9.17, 15) is 10.1 Å². The zero-order chi connectivity index (χ0) is 17.1. The Kier molecular flexibility index (Phi) is 4.57. The number of nitrogens with zero attached hydrogens (tertiary/aromatic N) is 3. The summed E-state index contributed by atoms with van der Waals surface area (Å²) in [5, 5.41) is 11.7. The molecule has 1 aromatic heterocycles. The van der Waals surface area contributed by atoms with Gasteiger partial charge in [0.2, 0.25) is 5.88 Å². The monoisotopic (exact) mass is 389 g/mol. The summed E-state index contributed by atoms with van der Waals surface area (Å²) in [6.45, 7) is 0.0868. The van der Waals surface area contributed by atoms with Crippen molar-refractivity contribution in [3.05, 3.63) is 62.9 Å². The van der Waals surface area contributed by atoms with E-state index >= 15 is 0 Å². The smallest absolute Gasteiger partial charge is 0.270 e. The van der Waals surface area contributed by atoms with E-state index in [0.29, 0.717) is 17.2 Å². The molecule has 0 aliphatic rings. The Morgan fingerprint density at radius 3 is 2.79 bits per heavy atom. The fourth-order valence-electron chi connectivity index (χ4n) is 2.26. The van der Waals surface area contributed by atoms with Gasteiger partial charge in [-0.15, -0.1) is 0 Å². The van der Waals surface area contributed by atoms with E-state index < -0.39 is 4.92 Å². The zero-order valence-electron chi connectivity index (χ0n) is 12.6. The normalized spacial score (nSPS) is 10.6. The summed E-state index contributed by atoms with van der Waals surface area (Å²) in [4.78, 5) is 18.8. The van der Waals surface area contributed by atoms with Crippen LogP contribution in [0, 0.1) is 10.1 Å². The summed E-state index contributed by atoms with van der Waals surface area (Å²) < 4.78 is 11.9. The van der Waals surface area contributed by atoms with Gasteiger partial charge in [0.05, 0.1) is 22.9 Å². The lowest BCUT2D eigenvalue weighted by molar-refractivity contribution is -0.385. The molecule has 0 fully saturated rings. The third-order valence-electron chi connectivity index (χ3n) is 3.40. The summed E-state index contributed by atoms with van der Waals surface area (Å²) in [5.74, 6) is 0.912. The quantitative estimate of drug-likeness (QED) is 0.485. The maximum atomic E-state index is 10.9. The first-order chi connectivity index (χ1) is 11.6. The first kappa shape index (κ1) is 16.1. The molecule has 0 spiro atoms. The second-order valence-corrected chi connectivity index (χ2v) is 5.80. The van der Waals surface area contributed by atoms with Crippen molar-refractivity contribution in [3.8, 4) is 11.6 Å². The molecule has 3 aromatic rings. The number of nitro groups is 1. The van der Waals surface area contributed by atoms with Gasteiger partial charge in [0, 0.05) is 22.2 Å². The highest BCUT2D eigenvalue weighted by atomic mass is 79.9. The van der Waals surface area contributed by atoms with E-state index in [1.54, 1.807) is 6.07 Å². The van der Waals surface area contributed by atoms with Crippen molar-refractivity contribution in [2.75, 3.05) is 7.11 Å². The average molecular weight is 390 g/mol. The molecule has 0 atom stereocenters. The maximum Gasteiger partial charge on any atom is 0.270 e. The molecule has 122 valence electrons. The minimum atomic E-state index is -0.458. The van der Waals surface area contributed by atoms with Crippen LogP contribution in [0.2, 0.25) is 0 Å². The van der Waals surface area contributed by atoms with E-state index in [2.05, 4.69) is 25.9 Å². The fraction of sp³-hybridized carbons (Fsp3) is 0.125. The Balaban J connectivity index is 1.92. The molecule has 1 heterocycles. The van der Waals surface area contributed by atoms with Gasteiger partial charge >= 0.3 is 0 Å². The van der Waals surface area contributed by atoms with Crippen molar-refractivity contribution in [2.45, 2.75) is 6.61 Å². The molecular weight excluding hydrogens is 378 g/mol. The summed E-state index contributed by atoms with van der Waals surface area (Å²) in [6, 6.07) is 9.95. The average Bonchev–Trinajstić information content (AvgIpc) is 2.59. The number of benzene rings is 2. The number of halogens is 1. The van der Waals surface area contributed by atoms with Crippen LogP contribution in [-0.2, 0) is 6.61 Å². The zero-order valence-corrected chi connectivity index (χ0v) is 14.2. The Morgan fingerprint density at radius 1 is 1.21 bits per heavy atom. The second-order valence-electron chi connectivity index (χ2n) is 4.88. The lowest BCUT2D eigenvalue weighted by Crippen LogP contribution is -2.02. The van der Waals surface area contributed by atoms with Gasteiger partial charge < -0.3 is 9.47 Å². The van der Waals surface area contributed by atoms with Crippen molar-refractivity contribution in [1.82, 2.24) is 9.97 Å². The molecule has 0 saturated carbocycles. The minimum Gasteiger partial charge on any atom is -0.496 e. The molecule has 0 bridgehead atoms. The van der Waals surface area contributed by atoms with Gasteiger partial charge in [-0.3, -0.25) is 10.1 Å². The number of methoxy groups -OCH3 is 1. The maximum absolute atomic E-state index is 10.9. The van der Waals surface area contributed by atoms with Crippen molar-refractivity contribution in [3.63, 3.8) is 0 Å². The molecule has 2 aromatic carbocycles. The van der Waals surface area contributed by atoms with E-state index in [-0.39, 0.29) is 12.3 Å². The number of hydrogen-bond donors (Lipinski definition) is 0. The van der Waals surface area contributed by atoms with E-state index in [1.807, 2.05) is 18.2 Å². The van der Waals surface area contributed by atoms with Gasteiger partial charge in [-0.25, -0.2) is 9.97 Å².